The molecule has 1 aliphatic carbocycles. The fourth-order valence-electron chi connectivity index (χ4n) is 2.57. The Balaban J connectivity index is 1.75. The highest BCUT2D eigenvalue weighted by Gasteiger charge is 2.42. The van der Waals surface area contributed by atoms with E-state index in [4.69, 9.17) is 0 Å². The topological polar surface area (TPSA) is 15.3 Å². The highest BCUT2D eigenvalue weighted by molar-refractivity contribution is 9.10. The fourth-order valence-corrected chi connectivity index (χ4v) is 2.83. The van der Waals surface area contributed by atoms with Gasteiger partial charge < -0.3 is 10.2 Å². The SMILES string of the molecule is CNCC1(CN(C)CCc2ccc(Br)cc2)CC1. The summed E-state index contributed by atoms with van der Waals surface area (Å²) in [5.41, 5.74) is 1.99. The molecule has 1 aromatic carbocycles. The van der Waals surface area contributed by atoms with Crippen LogP contribution in [-0.4, -0.2) is 38.6 Å². The van der Waals surface area contributed by atoms with Gasteiger partial charge in [-0.15, -0.1) is 0 Å². The van der Waals surface area contributed by atoms with Crippen LogP contribution >= 0.6 is 15.9 Å². The number of nitrogens with zero attached hydrogens (tertiary/aromatic N) is 1. The third-order valence-electron chi connectivity index (χ3n) is 3.81. The van der Waals surface area contributed by atoms with Crippen LogP contribution < -0.4 is 5.32 Å². The maximum atomic E-state index is 3.47. The van der Waals surface area contributed by atoms with Crippen LogP contribution in [0.4, 0.5) is 0 Å². The van der Waals surface area contributed by atoms with Crippen molar-refractivity contribution in [3.05, 3.63) is 34.3 Å². The average Bonchev–Trinajstić information content (AvgIpc) is 3.08. The van der Waals surface area contributed by atoms with Gasteiger partial charge in [-0.3, -0.25) is 0 Å². The van der Waals surface area contributed by atoms with Crippen LogP contribution in [0.3, 0.4) is 0 Å². The molecule has 0 radical (unpaired) electrons. The van der Waals surface area contributed by atoms with Gasteiger partial charge in [0.2, 0.25) is 0 Å². The van der Waals surface area contributed by atoms with Gasteiger partial charge in [0, 0.05) is 24.1 Å². The van der Waals surface area contributed by atoms with Gasteiger partial charge in [0.1, 0.15) is 0 Å². The highest BCUT2D eigenvalue weighted by atomic mass is 79.9. The minimum atomic E-state index is 0.573. The summed E-state index contributed by atoms with van der Waals surface area (Å²) in [6.07, 6.45) is 3.91. The van der Waals surface area contributed by atoms with Gasteiger partial charge in [-0.25, -0.2) is 0 Å². The van der Waals surface area contributed by atoms with E-state index in [0.29, 0.717) is 5.41 Å². The zero-order valence-electron chi connectivity index (χ0n) is 11.4. The molecule has 1 aliphatic rings. The Morgan fingerprint density at radius 2 is 1.94 bits per heavy atom. The number of hydrogen-bond donors (Lipinski definition) is 1. The molecule has 0 spiro atoms. The van der Waals surface area contributed by atoms with Crippen LogP contribution in [0.5, 0.6) is 0 Å². The molecule has 0 amide bonds. The van der Waals surface area contributed by atoms with Crippen molar-refractivity contribution in [2.45, 2.75) is 19.3 Å². The first-order valence-electron chi connectivity index (χ1n) is 6.71. The van der Waals surface area contributed by atoms with Crippen molar-refractivity contribution in [3.63, 3.8) is 0 Å². The zero-order valence-corrected chi connectivity index (χ0v) is 13.0. The molecule has 1 fully saturated rings. The molecule has 0 heterocycles. The van der Waals surface area contributed by atoms with E-state index in [0.717, 1.165) is 24.0 Å². The van der Waals surface area contributed by atoms with Crippen molar-refractivity contribution >= 4 is 15.9 Å². The first kappa shape index (κ1) is 14.0. The molecule has 1 aromatic rings. The lowest BCUT2D eigenvalue weighted by molar-refractivity contribution is 0.262. The summed E-state index contributed by atoms with van der Waals surface area (Å²) in [6.45, 7) is 3.53. The summed E-state index contributed by atoms with van der Waals surface area (Å²) in [5, 5.41) is 3.32. The second-order valence-corrected chi connectivity index (χ2v) is 6.56. The molecule has 2 nitrogen and oxygen atoms in total. The molecule has 18 heavy (non-hydrogen) atoms. The summed E-state index contributed by atoms with van der Waals surface area (Å²) < 4.78 is 1.16. The van der Waals surface area contributed by atoms with E-state index in [-0.39, 0.29) is 0 Å². The fraction of sp³-hybridized carbons (Fsp3) is 0.600. The molecule has 0 atom stereocenters. The summed E-state index contributed by atoms with van der Waals surface area (Å²) in [4.78, 5) is 2.48. The van der Waals surface area contributed by atoms with Gasteiger partial charge in [0.25, 0.3) is 0 Å². The van der Waals surface area contributed by atoms with Crippen molar-refractivity contribution in [2.75, 3.05) is 33.7 Å². The van der Waals surface area contributed by atoms with Crippen molar-refractivity contribution in [1.29, 1.82) is 0 Å². The largest absolute Gasteiger partial charge is 0.319 e. The number of hydrogen-bond acceptors (Lipinski definition) is 2. The quantitative estimate of drug-likeness (QED) is 0.833. The van der Waals surface area contributed by atoms with Crippen LogP contribution in [0.15, 0.2) is 28.7 Å². The molecule has 2 rings (SSSR count). The van der Waals surface area contributed by atoms with Crippen LogP contribution in [0.25, 0.3) is 0 Å². The molecule has 0 saturated heterocycles. The van der Waals surface area contributed by atoms with Crippen LogP contribution in [0, 0.1) is 5.41 Å². The number of rotatable bonds is 7. The molecular weight excluding hydrogens is 288 g/mol. The van der Waals surface area contributed by atoms with Crippen molar-refractivity contribution in [3.8, 4) is 0 Å². The minimum Gasteiger partial charge on any atom is -0.319 e. The van der Waals surface area contributed by atoms with Crippen LogP contribution in [-0.2, 0) is 6.42 Å². The predicted molar refractivity (Wildman–Crippen MR) is 80.9 cm³/mol. The van der Waals surface area contributed by atoms with Crippen LogP contribution in [0.1, 0.15) is 18.4 Å². The maximum Gasteiger partial charge on any atom is 0.0175 e. The van der Waals surface area contributed by atoms with Gasteiger partial charge >= 0.3 is 0 Å². The Bertz CT molecular complexity index is 371. The van der Waals surface area contributed by atoms with E-state index in [1.165, 1.54) is 24.9 Å². The second-order valence-electron chi connectivity index (χ2n) is 5.64. The Kier molecular flexibility index (Phi) is 4.82. The van der Waals surface area contributed by atoms with Gasteiger partial charge in [0.15, 0.2) is 0 Å². The van der Waals surface area contributed by atoms with Gasteiger partial charge in [0.05, 0.1) is 0 Å². The Morgan fingerprint density at radius 1 is 1.28 bits per heavy atom. The van der Waals surface area contributed by atoms with Crippen LogP contribution in [0.2, 0.25) is 0 Å². The lowest BCUT2D eigenvalue weighted by Gasteiger charge is -2.23. The second kappa shape index (κ2) is 6.18. The van der Waals surface area contributed by atoms with Crippen molar-refractivity contribution in [2.24, 2.45) is 5.41 Å². The Labute approximate surface area is 119 Å². The molecule has 1 N–H and O–H groups in total. The third-order valence-corrected chi connectivity index (χ3v) is 4.34. The number of halogens is 1. The molecule has 0 bridgehead atoms. The molecular formula is C15H23BrN2. The zero-order chi connectivity index (χ0) is 13.0. The highest BCUT2D eigenvalue weighted by Crippen LogP contribution is 2.45. The van der Waals surface area contributed by atoms with E-state index in [1.54, 1.807) is 0 Å². The van der Waals surface area contributed by atoms with E-state index in [9.17, 15) is 0 Å². The van der Waals surface area contributed by atoms with Crippen molar-refractivity contribution < 1.29 is 0 Å². The lowest BCUT2D eigenvalue weighted by Crippen LogP contribution is -2.33. The predicted octanol–water partition coefficient (Wildman–Crippen LogP) is 2.92. The number of benzene rings is 1. The van der Waals surface area contributed by atoms with Gasteiger partial charge in [-0.2, -0.15) is 0 Å². The van der Waals surface area contributed by atoms with E-state index in [1.807, 2.05) is 0 Å². The molecule has 1 saturated carbocycles. The molecule has 0 aromatic heterocycles. The summed E-state index contributed by atoms with van der Waals surface area (Å²) >= 11 is 3.47. The summed E-state index contributed by atoms with van der Waals surface area (Å²) in [5.74, 6) is 0. The van der Waals surface area contributed by atoms with Gasteiger partial charge in [-0.1, -0.05) is 28.1 Å². The Hall–Kier alpha value is -0.380. The van der Waals surface area contributed by atoms with E-state index >= 15 is 0 Å². The lowest BCUT2D eigenvalue weighted by atomic mass is 10.1. The normalized spacial score (nSPS) is 17.1. The third kappa shape index (κ3) is 4.08. The number of likely N-dealkylation sites (N-methyl/N-ethyl adjacent to an activating group) is 1. The molecule has 0 aliphatic heterocycles. The summed E-state index contributed by atoms with van der Waals surface area (Å²) in [7, 11) is 4.30. The Morgan fingerprint density at radius 3 is 2.50 bits per heavy atom. The molecule has 100 valence electrons. The standard InChI is InChI=1S/C15H23BrN2/c1-17-11-15(8-9-15)12-18(2)10-7-13-3-5-14(16)6-4-13/h3-6,17H,7-12H2,1-2H3. The minimum absolute atomic E-state index is 0.573. The maximum absolute atomic E-state index is 3.47. The van der Waals surface area contributed by atoms with E-state index < -0.39 is 0 Å². The molecule has 0 unspecified atom stereocenters. The number of nitrogens with one attached hydrogen (secondary N) is 1. The summed E-state index contributed by atoms with van der Waals surface area (Å²) in [6, 6.07) is 8.66. The first-order chi connectivity index (χ1) is 8.63. The van der Waals surface area contributed by atoms with Gasteiger partial charge in [-0.05, 0) is 56.5 Å². The first-order valence-corrected chi connectivity index (χ1v) is 7.50. The molecule has 3 heteroatoms. The van der Waals surface area contributed by atoms with Crippen molar-refractivity contribution in [1.82, 2.24) is 10.2 Å². The average molecular weight is 311 g/mol. The smallest absolute Gasteiger partial charge is 0.0175 e. The monoisotopic (exact) mass is 310 g/mol. The van der Waals surface area contributed by atoms with E-state index in [2.05, 4.69) is 64.5 Å².